The molecule has 0 aromatic heterocycles. The smallest absolute Gasteiger partial charge is 0.237 e. The summed E-state index contributed by atoms with van der Waals surface area (Å²) in [6, 6.07) is 7.51. The number of carbonyl (C=O) groups is 2. The molecule has 1 heterocycles. The molecule has 1 aliphatic carbocycles. The van der Waals surface area contributed by atoms with Gasteiger partial charge in [0.1, 0.15) is 0 Å². The van der Waals surface area contributed by atoms with E-state index in [1.54, 1.807) is 0 Å². The quantitative estimate of drug-likeness (QED) is 0.646. The average Bonchev–Trinajstić information content (AvgIpc) is 2.96. The number of aryl methyl sites for hydroxylation is 1. The highest BCUT2D eigenvalue weighted by molar-refractivity contribution is 6.25. The molecule has 3 heteroatoms. The van der Waals surface area contributed by atoms with Crippen LogP contribution in [0.4, 0.5) is 5.69 Å². The molecule has 2 fully saturated rings. The minimum atomic E-state index is -0.0166. The SMILES string of the molecule is Cc1ccccc1N1C(=O)[C@H]2C[C@H]2C1=O. The van der Waals surface area contributed by atoms with Crippen molar-refractivity contribution < 1.29 is 9.59 Å². The zero-order valence-electron chi connectivity index (χ0n) is 8.43. The zero-order valence-corrected chi connectivity index (χ0v) is 8.43. The van der Waals surface area contributed by atoms with Crippen molar-refractivity contribution in [3.8, 4) is 0 Å². The lowest BCUT2D eigenvalue weighted by Crippen LogP contribution is -2.33. The maximum Gasteiger partial charge on any atom is 0.237 e. The summed E-state index contributed by atoms with van der Waals surface area (Å²) in [5.41, 5.74) is 1.72. The molecule has 0 N–H and O–H groups in total. The highest BCUT2D eigenvalue weighted by Gasteiger charge is 2.59. The topological polar surface area (TPSA) is 37.4 Å². The van der Waals surface area contributed by atoms with Gasteiger partial charge in [-0.15, -0.1) is 0 Å². The number of hydrogen-bond acceptors (Lipinski definition) is 2. The molecule has 2 aliphatic rings. The van der Waals surface area contributed by atoms with Crippen LogP contribution in [0, 0.1) is 18.8 Å². The van der Waals surface area contributed by atoms with Crippen molar-refractivity contribution in [2.75, 3.05) is 4.90 Å². The molecule has 0 unspecified atom stereocenters. The molecule has 2 amide bonds. The van der Waals surface area contributed by atoms with Crippen molar-refractivity contribution in [1.29, 1.82) is 0 Å². The molecule has 1 aromatic rings. The van der Waals surface area contributed by atoms with Crippen LogP contribution < -0.4 is 4.90 Å². The molecule has 0 spiro atoms. The summed E-state index contributed by atoms with van der Waals surface area (Å²) in [6.45, 7) is 1.92. The molecule has 3 rings (SSSR count). The summed E-state index contributed by atoms with van der Waals surface area (Å²) < 4.78 is 0. The molecule has 1 aliphatic heterocycles. The van der Waals surface area contributed by atoms with E-state index < -0.39 is 0 Å². The van der Waals surface area contributed by atoms with Gasteiger partial charge in [0.2, 0.25) is 11.8 Å². The van der Waals surface area contributed by atoms with E-state index in [-0.39, 0.29) is 23.7 Å². The van der Waals surface area contributed by atoms with Crippen molar-refractivity contribution in [3.05, 3.63) is 29.8 Å². The Morgan fingerprint density at radius 3 is 2.33 bits per heavy atom. The molecule has 1 saturated carbocycles. The van der Waals surface area contributed by atoms with Crippen LogP contribution in [-0.4, -0.2) is 11.8 Å². The third kappa shape index (κ3) is 1.06. The number of piperidine rings is 1. The van der Waals surface area contributed by atoms with Crippen LogP contribution >= 0.6 is 0 Å². The van der Waals surface area contributed by atoms with Crippen LogP contribution in [0.3, 0.4) is 0 Å². The predicted octanol–water partition coefficient (Wildman–Crippen LogP) is 1.50. The van der Waals surface area contributed by atoms with Crippen LogP contribution in [0.2, 0.25) is 0 Å². The summed E-state index contributed by atoms with van der Waals surface area (Å²) in [7, 11) is 0. The number of carbonyl (C=O) groups excluding carboxylic acids is 2. The van der Waals surface area contributed by atoms with Crippen LogP contribution in [-0.2, 0) is 9.59 Å². The van der Waals surface area contributed by atoms with E-state index in [1.807, 2.05) is 31.2 Å². The Hall–Kier alpha value is -1.64. The van der Waals surface area contributed by atoms with Gasteiger partial charge in [-0.25, -0.2) is 4.90 Å². The van der Waals surface area contributed by atoms with Crippen LogP contribution in [0.25, 0.3) is 0 Å². The molecular weight excluding hydrogens is 190 g/mol. The van der Waals surface area contributed by atoms with Gasteiger partial charge in [-0.2, -0.15) is 0 Å². The summed E-state index contributed by atoms with van der Waals surface area (Å²) in [5.74, 6) is -0.0622. The first-order valence-electron chi connectivity index (χ1n) is 5.13. The summed E-state index contributed by atoms with van der Waals surface area (Å²) in [4.78, 5) is 25.0. The Morgan fingerprint density at radius 1 is 1.13 bits per heavy atom. The molecule has 3 nitrogen and oxygen atoms in total. The van der Waals surface area contributed by atoms with Gasteiger partial charge >= 0.3 is 0 Å². The second-order valence-corrected chi connectivity index (χ2v) is 4.25. The first kappa shape index (κ1) is 8.65. The van der Waals surface area contributed by atoms with Crippen molar-refractivity contribution in [2.45, 2.75) is 13.3 Å². The van der Waals surface area contributed by atoms with Gasteiger partial charge in [-0.3, -0.25) is 9.59 Å². The summed E-state index contributed by atoms with van der Waals surface area (Å²) in [6.07, 6.45) is 0.764. The Bertz CT molecular complexity index is 446. The van der Waals surface area contributed by atoms with Gasteiger partial charge < -0.3 is 0 Å². The number of fused-ring (bicyclic) bond motifs is 1. The van der Waals surface area contributed by atoms with Gasteiger partial charge in [0.15, 0.2) is 0 Å². The molecule has 2 atom stereocenters. The van der Waals surface area contributed by atoms with Crippen LogP contribution in [0.15, 0.2) is 24.3 Å². The van der Waals surface area contributed by atoms with E-state index in [0.29, 0.717) is 0 Å². The first-order valence-corrected chi connectivity index (χ1v) is 5.13. The van der Waals surface area contributed by atoms with E-state index >= 15 is 0 Å². The molecule has 0 radical (unpaired) electrons. The maximum atomic E-state index is 11.8. The van der Waals surface area contributed by atoms with Gasteiger partial charge in [-0.05, 0) is 25.0 Å². The van der Waals surface area contributed by atoms with Crippen molar-refractivity contribution >= 4 is 17.5 Å². The minimum Gasteiger partial charge on any atom is -0.274 e. The lowest BCUT2D eigenvalue weighted by molar-refractivity contribution is -0.123. The maximum absolute atomic E-state index is 11.8. The zero-order chi connectivity index (χ0) is 10.6. The fraction of sp³-hybridized carbons (Fsp3) is 0.333. The average molecular weight is 201 g/mol. The van der Waals surface area contributed by atoms with Crippen molar-refractivity contribution in [2.24, 2.45) is 11.8 Å². The normalized spacial score (nSPS) is 28.2. The molecule has 76 valence electrons. The van der Waals surface area contributed by atoms with Crippen LogP contribution in [0.5, 0.6) is 0 Å². The summed E-state index contributed by atoms with van der Waals surface area (Å²) in [5, 5.41) is 0. The van der Waals surface area contributed by atoms with E-state index in [2.05, 4.69) is 0 Å². The van der Waals surface area contributed by atoms with Crippen molar-refractivity contribution in [1.82, 2.24) is 0 Å². The third-order valence-corrected chi connectivity index (χ3v) is 3.22. The van der Waals surface area contributed by atoms with E-state index in [4.69, 9.17) is 0 Å². The molecule has 1 saturated heterocycles. The Morgan fingerprint density at radius 2 is 1.73 bits per heavy atom. The molecule has 1 aromatic carbocycles. The molecular formula is C12H11NO2. The van der Waals surface area contributed by atoms with Gasteiger partial charge in [0.25, 0.3) is 0 Å². The van der Waals surface area contributed by atoms with Gasteiger partial charge in [0, 0.05) is 0 Å². The number of rotatable bonds is 1. The summed E-state index contributed by atoms with van der Waals surface area (Å²) >= 11 is 0. The molecule has 0 bridgehead atoms. The molecule has 15 heavy (non-hydrogen) atoms. The minimum absolute atomic E-state index is 0.0145. The van der Waals surface area contributed by atoms with Gasteiger partial charge in [0.05, 0.1) is 17.5 Å². The van der Waals surface area contributed by atoms with E-state index in [1.165, 1.54) is 4.90 Å². The van der Waals surface area contributed by atoms with Gasteiger partial charge in [-0.1, -0.05) is 18.2 Å². The first-order chi connectivity index (χ1) is 7.20. The Labute approximate surface area is 87.7 Å². The van der Waals surface area contributed by atoms with E-state index in [0.717, 1.165) is 17.7 Å². The number of para-hydroxylation sites is 1. The second kappa shape index (κ2) is 2.69. The number of amides is 2. The lowest BCUT2D eigenvalue weighted by Gasteiger charge is -2.18. The fourth-order valence-electron chi connectivity index (χ4n) is 2.23. The standard InChI is InChI=1S/C12H11NO2/c1-7-4-2-3-5-10(7)13-11(14)8-6-9(8)12(13)15/h2-5,8-9H,6H2,1H3/t8-,9+. The Balaban J connectivity index is 2.05. The van der Waals surface area contributed by atoms with E-state index in [9.17, 15) is 9.59 Å². The number of hydrogen-bond donors (Lipinski definition) is 0. The van der Waals surface area contributed by atoms with Crippen molar-refractivity contribution in [3.63, 3.8) is 0 Å². The highest BCUT2D eigenvalue weighted by Crippen LogP contribution is 2.48. The lowest BCUT2D eigenvalue weighted by atomic mass is 10.2. The Kier molecular flexibility index (Phi) is 1.55. The predicted molar refractivity (Wildman–Crippen MR) is 55.3 cm³/mol. The highest BCUT2D eigenvalue weighted by atomic mass is 16.2. The number of anilines is 1. The monoisotopic (exact) mass is 201 g/mol. The largest absolute Gasteiger partial charge is 0.274 e. The van der Waals surface area contributed by atoms with Crippen LogP contribution in [0.1, 0.15) is 12.0 Å². The third-order valence-electron chi connectivity index (χ3n) is 3.22. The fourth-order valence-corrected chi connectivity index (χ4v) is 2.23. The number of nitrogens with zero attached hydrogens (tertiary/aromatic N) is 1. The second-order valence-electron chi connectivity index (χ2n) is 4.25. The number of imide groups is 1. The number of benzene rings is 1.